The van der Waals surface area contributed by atoms with Gasteiger partial charge in [-0.05, 0) is 19.3 Å². The third-order valence-corrected chi connectivity index (χ3v) is 5.60. The molecular weight excluding hydrogens is 346 g/mol. The molecule has 0 spiro atoms. The molecule has 1 atom stereocenters. The largest absolute Gasteiger partial charge is 0.451 e. The summed E-state index contributed by atoms with van der Waals surface area (Å²) in [5, 5.41) is 0. The summed E-state index contributed by atoms with van der Waals surface area (Å²) in [6.07, 6.45) is 3.14. The zero-order chi connectivity index (χ0) is 18.6. The van der Waals surface area contributed by atoms with Crippen LogP contribution in [0.25, 0.3) is 0 Å². The number of aryl methyl sites for hydroxylation is 1. The molecule has 2 heterocycles. The number of ether oxygens (including phenoxy) is 1. The van der Waals surface area contributed by atoms with Crippen molar-refractivity contribution >= 4 is 21.7 Å². The van der Waals surface area contributed by atoms with E-state index in [-0.39, 0.29) is 29.2 Å². The second-order valence-corrected chi connectivity index (χ2v) is 8.84. The monoisotopic (exact) mass is 369 g/mol. The third kappa shape index (κ3) is 5.48. The molecule has 1 aromatic heterocycles. The van der Waals surface area contributed by atoms with Crippen LogP contribution < -0.4 is 0 Å². The van der Waals surface area contributed by atoms with Crippen molar-refractivity contribution in [2.24, 2.45) is 5.92 Å². The van der Waals surface area contributed by atoms with E-state index in [0.29, 0.717) is 18.7 Å². The second kappa shape index (κ2) is 7.90. The van der Waals surface area contributed by atoms with Gasteiger partial charge in [0.2, 0.25) is 0 Å². The Bertz CT molecular complexity index is 731. The highest BCUT2D eigenvalue weighted by atomic mass is 32.2. The van der Waals surface area contributed by atoms with E-state index in [1.54, 1.807) is 6.92 Å². The summed E-state index contributed by atoms with van der Waals surface area (Å²) in [5.41, 5.74) is 0.690. The molecule has 1 amide bonds. The Balaban J connectivity index is 1.99. The van der Waals surface area contributed by atoms with E-state index in [1.807, 2.05) is 13.8 Å². The van der Waals surface area contributed by atoms with Crippen LogP contribution in [0.2, 0.25) is 0 Å². The summed E-state index contributed by atoms with van der Waals surface area (Å²) in [5.74, 6) is -0.916. The van der Waals surface area contributed by atoms with Gasteiger partial charge in [-0.15, -0.1) is 0 Å². The summed E-state index contributed by atoms with van der Waals surface area (Å²) < 4.78 is 28.4. The number of sulfone groups is 1. The molecule has 0 N–H and O–H groups in total. The quantitative estimate of drug-likeness (QED) is 0.676. The van der Waals surface area contributed by atoms with Gasteiger partial charge >= 0.3 is 5.97 Å². The van der Waals surface area contributed by atoms with Gasteiger partial charge in [-0.2, -0.15) is 0 Å². The first-order chi connectivity index (χ1) is 11.7. The van der Waals surface area contributed by atoms with E-state index in [2.05, 4.69) is 9.97 Å². The molecule has 1 aliphatic heterocycles. The Morgan fingerprint density at radius 3 is 2.56 bits per heavy atom. The van der Waals surface area contributed by atoms with E-state index in [0.717, 1.165) is 0 Å². The van der Waals surface area contributed by atoms with Gasteiger partial charge in [-0.3, -0.25) is 9.78 Å². The average Bonchev–Trinajstić information content (AvgIpc) is 2.90. The first-order valence-electron chi connectivity index (χ1n) is 8.13. The Morgan fingerprint density at radius 1 is 1.32 bits per heavy atom. The normalized spacial score (nSPS) is 19.0. The number of amides is 1. The Hall–Kier alpha value is -2.03. The van der Waals surface area contributed by atoms with Gasteiger partial charge < -0.3 is 9.64 Å². The predicted octanol–water partition coefficient (Wildman–Crippen LogP) is 0.614. The number of carbonyl (C=O) groups excluding carboxylic acids is 2. The lowest BCUT2D eigenvalue weighted by Crippen LogP contribution is -2.45. The van der Waals surface area contributed by atoms with Gasteiger partial charge in [-0.1, -0.05) is 13.8 Å². The third-order valence-electron chi connectivity index (χ3n) is 3.85. The van der Waals surface area contributed by atoms with Crippen molar-refractivity contribution in [3.8, 4) is 0 Å². The molecule has 8 nitrogen and oxygen atoms in total. The minimum Gasteiger partial charge on any atom is -0.451 e. The number of rotatable bonds is 6. The maximum Gasteiger partial charge on any atom is 0.359 e. The zero-order valence-electron chi connectivity index (χ0n) is 14.6. The van der Waals surface area contributed by atoms with Crippen molar-refractivity contribution in [2.45, 2.75) is 33.2 Å². The SMILES string of the molecule is Cc1cnc(C(=O)OCC(=O)N(CC(C)C)[C@@H]2CCS(=O)(=O)C2)cn1. The molecule has 0 bridgehead atoms. The van der Waals surface area contributed by atoms with Gasteiger partial charge in [0.1, 0.15) is 0 Å². The Morgan fingerprint density at radius 2 is 2.04 bits per heavy atom. The number of nitrogens with zero attached hydrogens (tertiary/aromatic N) is 3. The summed E-state index contributed by atoms with van der Waals surface area (Å²) in [7, 11) is -3.11. The molecule has 0 aliphatic carbocycles. The summed E-state index contributed by atoms with van der Waals surface area (Å²) in [4.78, 5) is 33.8. The molecule has 9 heteroatoms. The van der Waals surface area contributed by atoms with Crippen LogP contribution in [0.5, 0.6) is 0 Å². The fourth-order valence-corrected chi connectivity index (χ4v) is 4.38. The Kier molecular flexibility index (Phi) is 6.10. The molecule has 1 saturated heterocycles. The summed E-state index contributed by atoms with van der Waals surface area (Å²) >= 11 is 0. The molecule has 1 fully saturated rings. The second-order valence-electron chi connectivity index (χ2n) is 6.62. The van der Waals surface area contributed by atoms with E-state index >= 15 is 0 Å². The van der Waals surface area contributed by atoms with Crippen molar-refractivity contribution in [3.05, 3.63) is 23.8 Å². The molecule has 0 aromatic carbocycles. The molecule has 2 rings (SSSR count). The lowest BCUT2D eigenvalue weighted by atomic mass is 10.1. The standard InChI is InChI=1S/C16H23N3O5S/c1-11(2)8-19(13-4-5-25(22,23)10-13)15(20)9-24-16(21)14-7-17-12(3)6-18-14/h6-7,11,13H,4-5,8-10H2,1-3H3/t13-/m1/s1. The van der Waals surface area contributed by atoms with Crippen LogP contribution in [0, 0.1) is 12.8 Å². The molecule has 0 unspecified atom stereocenters. The molecule has 138 valence electrons. The highest BCUT2D eigenvalue weighted by Gasteiger charge is 2.35. The number of carbonyl (C=O) groups is 2. The van der Waals surface area contributed by atoms with E-state index in [4.69, 9.17) is 4.74 Å². The van der Waals surface area contributed by atoms with Gasteiger partial charge in [0.15, 0.2) is 22.1 Å². The van der Waals surface area contributed by atoms with Gasteiger partial charge in [0.05, 0.1) is 23.4 Å². The van der Waals surface area contributed by atoms with E-state index in [1.165, 1.54) is 17.3 Å². The topological polar surface area (TPSA) is 107 Å². The van der Waals surface area contributed by atoms with E-state index in [9.17, 15) is 18.0 Å². The van der Waals surface area contributed by atoms with Crippen LogP contribution in [-0.2, 0) is 19.4 Å². The average molecular weight is 369 g/mol. The molecular formula is C16H23N3O5S. The maximum absolute atomic E-state index is 12.5. The van der Waals surface area contributed by atoms with Gasteiger partial charge in [-0.25, -0.2) is 18.2 Å². The highest BCUT2D eigenvalue weighted by Crippen LogP contribution is 2.19. The van der Waals surface area contributed by atoms with Gasteiger partial charge in [0, 0.05) is 18.8 Å². The van der Waals surface area contributed by atoms with Crippen LogP contribution >= 0.6 is 0 Å². The van der Waals surface area contributed by atoms with Crippen LogP contribution in [0.3, 0.4) is 0 Å². The van der Waals surface area contributed by atoms with Crippen LogP contribution in [0.4, 0.5) is 0 Å². The van der Waals surface area contributed by atoms with Crippen molar-refractivity contribution in [3.63, 3.8) is 0 Å². The minimum atomic E-state index is -3.11. The molecule has 1 aromatic rings. The fourth-order valence-electron chi connectivity index (χ4n) is 2.65. The summed E-state index contributed by atoms with van der Waals surface area (Å²) in [6, 6.07) is -0.363. The predicted molar refractivity (Wildman–Crippen MR) is 90.7 cm³/mol. The smallest absolute Gasteiger partial charge is 0.359 e. The molecule has 1 aliphatic rings. The number of aromatic nitrogens is 2. The first kappa shape index (κ1) is 19.3. The van der Waals surface area contributed by atoms with E-state index < -0.39 is 28.3 Å². The Labute approximate surface area is 147 Å². The minimum absolute atomic E-state index is 0.0252. The van der Waals surface area contributed by atoms with Crippen LogP contribution in [0.15, 0.2) is 12.4 Å². The lowest BCUT2D eigenvalue weighted by Gasteiger charge is -2.29. The van der Waals surface area contributed by atoms with Crippen molar-refractivity contribution in [2.75, 3.05) is 24.7 Å². The first-order valence-corrected chi connectivity index (χ1v) is 9.96. The van der Waals surface area contributed by atoms with Gasteiger partial charge in [0.25, 0.3) is 5.91 Å². The molecule has 0 radical (unpaired) electrons. The van der Waals surface area contributed by atoms with Crippen molar-refractivity contribution in [1.29, 1.82) is 0 Å². The van der Waals surface area contributed by atoms with Crippen LogP contribution in [-0.4, -0.2) is 65.9 Å². The number of esters is 1. The summed E-state index contributed by atoms with van der Waals surface area (Å²) in [6.45, 7) is 5.60. The highest BCUT2D eigenvalue weighted by molar-refractivity contribution is 7.91. The maximum atomic E-state index is 12.5. The molecule has 0 saturated carbocycles. The fraction of sp³-hybridized carbons (Fsp3) is 0.625. The molecule has 25 heavy (non-hydrogen) atoms. The van der Waals surface area contributed by atoms with Crippen LogP contribution in [0.1, 0.15) is 36.5 Å². The van der Waals surface area contributed by atoms with Crippen molar-refractivity contribution in [1.82, 2.24) is 14.9 Å². The zero-order valence-corrected chi connectivity index (χ0v) is 15.5. The number of hydrogen-bond donors (Lipinski definition) is 0. The lowest BCUT2D eigenvalue weighted by molar-refractivity contribution is -0.137. The number of hydrogen-bond acceptors (Lipinski definition) is 7. The van der Waals surface area contributed by atoms with Crippen molar-refractivity contribution < 1.29 is 22.7 Å².